The molecule has 0 spiro atoms. The van der Waals surface area contributed by atoms with Crippen LogP contribution in [0.5, 0.6) is 5.75 Å². The van der Waals surface area contributed by atoms with Gasteiger partial charge in [-0.05, 0) is 38.1 Å². The number of hydrogen-bond donors (Lipinski definition) is 1. The van der Waals surface area contributed by atoms with E-state index < -0.39 is 10.8 Å². The van der Waals surface area contributed by atoms with E-state index >= 15 is 0 Å². The molecule has 0 aliphatic heterocycles. The highest BCUT2D eigenvalue weighted by Crippen LogP contribution is 2.28. The number of hydrogen-bond acceptors (Lipinski definition) is 5. The van der Waals surface area contributed by atoms with Crippen LogP contribution in [0.25, 0.3) is 11.0 Å². The molecule has 26 heavy (non-hydrogen) atoms. The molecule has 0 saturated carbocycles. The van der Waals surface area contributed by atoms with Gasteiger partial charge in [0.25, 0.3) is 5.91 Å². The van der Waals surface area contributed by atoms with E-state index in [1.165, 1.54) is 18.2 Å². The molecular formula is C19H18N2O5. The minimum absolute atomic E-state index is 0.138. The summed E-state index contributed by atoms with van der Waals surface area (Å²) in [5.41, 5.74) is 0.680. The predicted molar refractivity (Wildman–Crippen MR) is 96.4 cm³/mol. The van der Waals surface area contributed by atoms with Crippen molar-refractivity contribution in [3.8, 4) is 5.75 Å². The third-order valence-corrected chi connectivity index (χ3v) is 3.94. The first-order valence-electron chi connectivity index (χ1n) is 8.20. The van der Waals surface area contributed by atoms with Gasteiger partial charge in [0.15, 0.2) is 5.75 Å². The maximum atomic E-state index is 12.5. The Morgan fingerprint density at radius 2 is 2.04 bits per heavy atom. The number of nitrogens with zero attached hydrogens (tertiary/aromatic N) is 1. The molecule has 0 aliphatic rings. The summed E-state index contributed by atoms with van der Waals surface area (Å²) in [5.74, 6) is 0.323. The zero-order valence-electron chi connectivity index (χ0n) is 14.4. The van der Waals surface area contributed by atoms with Crippen molar-refractivity contribution in [3.63, 3.8) is 0 Å². The summed E-state index contributed by atoms with van der Waals surface area (Å²) in [6, 6.07) is 13.2. The van der Waals surface area contributed by atoms with E-state index in [2.05, 4.69) is 5.32 Å². The molecule has 1 aromatic heterocycles. The highest BCUT2D eigenvalue weighted by atomic mass is 16.6. The lowest BCUT2D eigenvalue weighted by Crippen LogP contribution is -2.26. The maximum Gasteiger partial charge on any atom is 0.311 e. The monoisotopic (exact) mass is 354 g/mol. The molecule has 0 radical (unpaired) electrons. The second-order valence-corrected chi connectivity index (χ2v) is 5.75. The summed E-state index contributed by atoms with van der Waals surface area (Å²) in [5, 5.41) is 14.9. The zero-order valence-corrected chi connectivity index (χ0v) is 14.4. The third kappa shape index (κ3) is 3.51. The fraction of sp³-hybridized carbons (Fsp3) is 0.211. The molecule has 0 bridgehead atoms. The Hall–Kier alpha value is -3.35. The summed E-state index contributed by atoms with van der Waals surface area (Å²) in [4.78, 5) is 23.1. The maximum absolute atomic E-state index is 12.5. The Bertz CT molecular complexity index is 930. The van der Waals surface area contributed by atoms with Crippen LogP contribution >= 0.6 is 0 Å². The average molecular weight is 354 g/mol. The summed E-state index contributed by atoms with van der Waals surface area (Å²) >= 11 is 0. The van der Waals surface area contributed by atoms with Crippen molar-refractivity contribution in [1.29, 1.82) is 0 Å². The van der Waals surface area contributed by atoms with Crippen LogP contribution in [0.3, 0.4) is 0 Å². The average Bonchev–Trinajstić information content (AvgIpc) is 3.06. The number of nitro groups is 1. The van der Waals surface area contributed by atoms with Gasteiger partial charge in [-0.15, -0.1) is 0 Å². The van der Waals surface area contributed by atoms with E-state index in [-0.39, 0.29) is 23.0 Å². The third-order valence-electron chi connectivity index (χ3n) is 3.94. The quantitative estimate of drug-likeness (QED) is 0.528. The summed E-state index contributed by atoms with van der Waals surface area (Å²) in [6.07, 6.45) is 0. The number of amides is 1. The number of rotatable bonds is 6. The van der Waals surface area contributed by atoms with Gasteiger partial charge in [-0.25, -0.2) is 0 Å². The topological polar surface area (TPSA) is 94.6 Å². The van der Waals surface area contributed by atoms with Crippen molar-refractivity contribution in [3.05, 3.63) is 70.0 Å². The number of fused-ring (bicyclic) bond motifs is 1. The van der Waals surface area contributed by atoms with Gasteiger partial charge in [0, 0.05) is 17.0 Å². The minimum Gasteiger partial charge on any atom is -0.487 e. The second kappa shape index (κ2) is 7.26. The van der Waals surface area contributed by atoms with Crippen LogP contribution < -0.4 is 10.1 Å². The van der Waals surface area contributed by atoms with Crippen molar-refractivity contribution in [2.75, 3.05) is 6.61 Å². The first-order chi connectivity index (χ1) is 12.5. The molecule has 1 N–H and O–H groups in total. The van der Waals surface area contributed by atoms with E-state index in [9.17, 15) is 14.9 Å². The molecule has 134 valence electrons. The Morgan fingerprint density at radius 3 is 2.73 bits per heavy atom. The number of furan rings is 1. The van der Waals surface area contributed by atoms with Crippen LogP contribution in [0.15, 0.2) is 52.9 Å². The number of nitrogens with one attached hydrogen (secondary N) is 1. The molecule has 3 rings (SSSR count). The fourth-order valence-electron chi connectivity index (χ4n) is 2.65. The van der Waals surface area contributed by atoms with Gasteiger partial charge < -0.3 is 14.5 Å². The molecule has 0 aliphatic carbocycles. The van der Waals surface area contributed by atoms with E-state index in [4.69, 9.17) is 9.15 Å². The predicted octanol–water partition coefficient (Wildman–Crippen LogP) is 4.23. The summed E-state index contributed by atoms with van der Waals surface area (Å²) < 4.78 is 11.0. The Morgan fingerprint density at radius 1 is 1.27 bits per heavy atom. The van der Waals surface area contributed by atoms with Gasteiger partial charge in [-0.1, -0.05) is 18.2 Å². The van der Waals surface area contributed by atoms with Gasteiger partial charge in [-0.3, -0.25) is 14.9 Å². The highest BCUT2D eigenvalue weighted by molar-refractivity contribution is 5.95. The molecule has 1 amide bonds. The van der Waals surface area contributed by atoms with Crippen LogP contribution in [-0.4, -0.2) is 17.4 Å². The van der Waals surface area contributed by atoms with Crippen molar-refractivity contribution in [1.82, 2.24) is 5.32 Å². The van der Waals surface area contributed by atoms with Gasteiger partial charge in [0.2, 0.25) is 0 Å². The van der Waals surface area contributed by atoms with E-state index in [1.807, 2.05) is 30.3 Å². The molecule has 7 nitrogen and oxygen atoms in total. The van der Waals surface area contributed by atoms with Crippen LogP contribution in [0.1, 0.15) is 36.0 Å². The standard InChI is InChI=1S/C19H18N2O5/c1-3-25-17-9-8-14(10-15(17)21(23)24)19(22)20-12(2)18-11-13-6-4-5-7-16(13)26-18/h4-12H,3H2,1-2H3,(H,20,22). The van der Waals surface area contributed by atoms with Gasteiger partial charge in [0.1, 0.15) is 11.3 Å². The van der Waals surface area contributed by atoms with Gasteiger partial charge in [0.05, 0.1) is 17.6 Å². The molecule has 1 heterocycles. The largest absolute Gasteiger partial charge is 0.487 e. The number of benzene rings is 2. The first kappa shape index (κ1) is 17.5. The normalized spacial score (nSPS) is 11.9. The Kier molecular flexibility index (Phi) is 4.88. The molecule has 7 heteroatoms. The van der Waals surface area contributed by atoms with Crippen molar-refractivity contribution < 1.29 is 18.9 Å². The lowest BCUT2D eigenvalue weighted by molar-refractivity contribution is -0.385. The number of carbonyl (C=O) groups is 1. The first-order valence-corrected chi connectivity index (χ1v) is 8.20. The number of para-hydroxylation sites is 1. The number of ether oxygens (including phenoxy) is 1. The van der Waals surface area contributed by atoms with Gasteiger partial charge in [-0.2, -0.15) is 0 Å². The molecular weight excluding hydrogens is 336 g/mol. The molecule has 0 fully saturated rings. The van der Waals surface area contributed by atoms with Crippen LogP contribution in [-0.2, 0) is 0 Å². The molecule has 1 unspecified atom stereocenters. The SMILES string of the molecule is CCOc1ccc(C(=O)NC(C)c2cc3ccccc3o2)cc1[N+](=O)[O-]. The number of carbonyl (C=O) groups excluding carboxylic acids is 1. The molecule has 1 atom stereocenters. The van der Waals surface area contributed by atoms with E-state index in [0.717, 1.165) is 11.0 Å². The molecule has 3 aromatic rings. The van der Waals surface area contributed by atoms with E-state index in [1.54, 1.807) is 13.8 Å². The number of nitro benzene ring substituents is 1. The summed E-state index contributed by atoms with van der Waals surface area (Å²) in [6.45, 7) is 3.83. The minimum atomic E-state index is -0.565. The Labute approximate surface area is 149 Å². The lowest BCUT2D eigenvalue weighted by atomic mass is 10.1. The van der Waals surface area contributed by atoms with Gasteiger partial charge >= 0.3 is 5.69 Å². The van der Waals surface area contributed by atoms with Crippen LogP contribution in [0.2, 0.25) is 0 Å². The fourth-order valence-corrected chi connectivity index (χ4v) is 2.65. The van der Waals surface area contributed by atoms with Crippen molar-refractivity contribution >= 4 is 22.6 Å². The zero-order chi connectivity index (χ0) is 18.7. The highest BCUT2D eigenvalue weighted by Gasteiger charge is 2.20. The lowest BCUT2D eigenvalue weighted by Gasteiger charge is -2.12. The summed E-state index contributed by atoms with van der Waals surface area (Å²) in [7, 11) is 0. The van der Waals surface area contributed by atoms with Crippen LogP contribution in [0.4, 0.5) is 5.69 Å². The van der Waals surface area contributed by atoms with E-state index in [0.29, 0.717) is 12.4 Å². The van der Waals surface area contributed by atoms with Crippen molar-refractivity contribution in [2.24, 2.45) is 0 Å². The smallest absolute Gasteiger partial charge is 0.311 e. The Balaban J connectivity index is 1.80. The van der Waals surface area contributed by atoms with Crippen LogP contribution in [0, 0.1) is 10.1 Å². The van der Waals surface area contributed by atoms with Crippen molar-refractivity contribution in [2.45, 2.75) is 19.9 Å². The molecule has 2 aromatic carbocycles. The molecule has 0 saturated heterocycles. The second-order valence-electron chi connectivity index (χ2n) is 5.75.